The van der Waals surface area contributed by atoms with E-state index in [2.05, 4.69) is 30.1 Å². The van der Waals surface area contributed by atoms with E-state index in [-0.39, 0.29) is 41.3 Å². The molecule has 1 aliphatic rings. The van der Waals surface area contributed by atoms with E-state index >= 15 is 0 Å². The van der Waals surface area contributed by atoms with Crippen molar-refractivity contribution in [3.63, 3.8) is 0 Å². The summed E-state index contributed by atoms with van der Waals surface area (Å²) >= 11 is 0. The van der Waals surface area contributed by atoms with Crippen LogP contribution in [0, 0.1) is 5.92 Å². The number of nitrogen functional groups attached to an aromatic ring is 1. The number of hydrogen-bond donors (Lipinski definition) is 3. The third-order valence-electron chi connectivity index (χ3n) is 6.60. The molecule has 0 aliphatic carbocycles. The van der Waals surface area contributed by atoms with Crippen LogP contribution in [0.4, 0.5) is 5.95 Å². The third kappa shape index (κ3) is 7.21. The minimum absolute atomic E-state index is 0.0929. The monoisotopic (exact) mass is 633 g/mol. The minimum Gasteiger partial charge on any atom is -0.476 e. The highest BCUT2D eigenvalue weighted by Crippen LogP contribution is 2.48. The first-order chi connectivity index (χ1) is 20.9. The molecule has 18 heteroatoms. The minimum atomic E-state index is -4.29. The summed E-state index contributed by atoms with van der Waals surface area (Å²) in [5.74, 6) is -0.327. The van der Waals surface area contributed by atoms with Crippen molar-refractivity contribution in [3.8, 4) is 11.6 Å². The van der Waals surface area contributed by atoms with Gasteiger partial charge in [0.25, 0.3) is 0 Å². The number of imidazole rings is 1. The van der Waals surface area contributed by atoms with Gasteiger partial charge in [-0.05, 0) is 44.4 Å². The summed E-state index contributed by atoms with van der Waals surface area (Å²) in [5.41, 5.74) is 14.1. The topological polar surface area (TPSA) is 231 Å². The average molecular weight is 634 g/mol. The van der Waals surface area contributed by atoms with Gasteiger partial charge < -0.3 is 29.6 Å². The second-order valence-corrected chi connectivity index (χ2v) is 12.3. The molecule has 4 rings (SSSR count). The number of carbonyl (C=O) groups is 1. The molecule has 1 saturated heterocycles. The number of para-hydroxylation sites is 1. The Kier molecular flexibility index (Phi) is 10.3. The van der Waals surface area contributed by atoms with Gasteiger partial charge in [0.05, 0.1) is 32.3 Å². The van der Waals surface area contributed by atoms with E-state index in [1.165, 1.54) is 24.7 Å². The van der Waals surface area contributed by atoms with Crippen LogP contribution in [-0.2, 0) is 23.4 Å². The Hall–Kier alpha value is -3.98. The second-order valence-electron chi connectivity index (χ2n) is 10.6. The standard InChI is InChI=1S/C26H36N9O8P/c1-6-39-22-19-21(30-25(27)31-22)35(14-29-19)24-26(5,33-34-28)20(36)18(42-24)13-41-44(38,43-17-10-8-7-9-11-17)32-16(4)23(37)40-12-15(2)3/h7-11,14-16,18,20,24,36H,6,12-13H2,1-5H3,(H,32,38)(H2,27,30,31)/t16-,18+,20+,24+,26+,44?/m0/s1. The van der Waals surface area contributed by atoms with E-state index < -0.39 is 50.3 Å². The molecular weight excluding hydrogens is 597 g/mol. The smallest absolute Gasteiger partial charge is 0.459 e. The number of carbonyl (C=O) groups excluding carboxylic acids is 1. The summed E-state index contributed by atoms with van der Waals surface area (Å²) in [6.07, 6.45) is -2.47. The molecule has 6 atom stereocenters. The molecule has 0 spiro atoms. The Morgan fingerprint density at radius 2 is 2.05 bits per heavy atom. The van der Waals surface area contributed by atoms with Crippen molar-refractivity contribution in [3.05, 3.63) is 47.1 Å². The molecule has 44 heavy (non-hydrogen) atoms. The lowest BCUT2D eigenvalue weighted by Gasteiger charge is -2.28. The molecule has 2 aromatic heterocycles. The summed E-state index contributed by atoms with van der Waals surface area (Å²) in [4.78, 5) is 28.1. The molecule has 3 aromatic rings. The molecule has 0 bridgehead atoms. The fraction of sp³-hybridized carbons (Fsp3) is 0.538. The van der Waals surface area contributed by atoms with Gasteiger partial charge in [-0.15, -0.1) is 0 Å². The van der Waals surface area contributed by atoms with E-state index in [1.54, 1.807) is 37.3 Å². The number of aliphatic hydroxyl groups is 1. The Morgan fingerprint density at radius 3 is 2.70 bits per heavy atom. The van der Waals surface area contributed by atoms with Crippen molar-refractivity contribution >= 4 is 30.8 Å². The number of nitrogens with zero attached hydrogens (tertiary/aromatic N) is 7. The zero-order chi connectivity index (χ0) is 32.1. The van der Waals surface area contributed by atoms with Crippen molar-refractivity contribution in [1.29, 1.82) is 0 Å². The lowest BCUT2D eigenvalue weighted by Crippen LogP contribution is -2.43. The Balaban J connectivity index is 1.61. The summed E-state index contributed by atoms with van der Waals surface area (Å²) in [5, 5.41) is 17.8. The first-order valence-electron chi connectivity index (χ1n) is 13.9. The molecule has 3 heterocycles. The molecule has 1 aliphatic heterocycles. The average Bonchev–Trinajstić information content (AvgIpc) is 3.49. The number of hydrogen-bond acceptors (Lipinski definition) is 13. The zero-order valence-corrected chi connectivity index (χ0v) is 25.8. The zero-order valence-electron chi connectivity index (χ0n) is 24.9. The number of azide groups is 1. The van der Waals surface area contributed by atoms with Crippen LogP contribution >= 0.6 is 7.75 Å². The number of ether oxygens (including phenoxy) is 3. The number of benzene rings is 1. The van der Waals surface area contributed by atoms with Crippen LogP contribution in [-0.4, -0.2) is 74.2 Å². The van der Waals surface area contributed by atoms with Crippen molar-refractivity contribution in [1.82, 2.24) is 24.6 Å². The molecule has 1 fully saturated rings. The molecule has 238 valence electrons. The highest BCUT2D eigenvalue weighted by Gasteiger charge is 2.55. The van der Waals surface area contributed by atoms with Gasteiger partial charge in [0, 0.05) is 4.91 Å². The summed E-state index contributed by atoms with van der Waals surface area (Å²) in [6.45, 7) is 8.42. The lowest BCUT2D eigenvalue weighted by molar-refractivity contribution is -0.146. The Morgan fingerprint density at radius 1 is 1.32 bits per heavy atom. The molecule has 1 unspecified atom stereocenters. The largest absolute Gasteiger partial charge is 0.476 e. The number of nitrogens with two attached hydrogens (primary N) is 1. The number of aromatic nitrogens is 4. The first-order valence-corrected chi connectivity index (χ1v) is 15.4. The van der Waals surface area contributed by atoms with Crippen molar-refractivity contribution in [2.24, 2.45) is 11.0 Å². The van der Waals surface area contributed by atoms with Crippen LogP contribution in [0.3, 0.4) is 0 Å². The first kappa shape index (κ1) is 32.9. The summed E-state index contributed by atoms with van der Waals surface area (Å²) in [6, 6.07) is 7.12. The van der Waals surface area contributed by atoms with E-state index in [0.29, 0.717) is 6.61 Å². The third-order valence-corrected chi connectivity index (χ3v) is 8.24. The van der Waals surface area contributed by atoms with Crippen molar-refractivity contribution in [2.45, 2.75) is 64.6 Å². The SMILES string of the molecule is CCOc1nc(N)nc2c1ncn2[C@@H]1O[C@H](COP(=O)(N[C@@H](C)C(=O)OCC(C)C)Oc2ccccc2)[C@@H](O)[C@@]1(C)N=[N+]=[N-]. The van der Waals surface area contributed by atoms with Crippen LogP contribution in [0.15, 0.2) is 41.8 Å². The van der Waals surface area contributed by atoms with Gasteiger partial charge in [0.2, 0.25) is 11.8 Å². The van der Waals surface area contributed by atoms with Crippen LogP contribution < -0.4 is 20.1 Å². The number of nitrogens with one attached hydrogen (secondary N) is 1. The highest BCUT2D eigenvalue weighted by molar-refractivity contribution is 7.52. The second kappa shape index (κ2) is 13.8. The molecule has 1 aromatic carbocycles. The molecule has 4 N–H and O–H groups in total. The number of anilines is 1. The van der Waals surface area contributed by atoms with Crippen LogP contribution in [0.2, 0.25) is 0 Å². The van der Waals surface area contributed by atoms with E-state index in [9.17, 15) is 20.0 Å². The maximum Gasteiger partial charge on any atom is 0.459 e. The molecule has 0 amide bonds. The highest BCUT2D eigenvalue weighted by atomic mass is 31.2. The lowest BCUT2D eigenvalue weighted by atomic mass is 9.93. The van der Waals surface area contributed by atoms with Gasteiger partial charge in [0.15, 0.2) is 17.4 Å². The van der Waals surface area contributed by atoms with Crippen LogP contribution in [0.25, 0.3) is 21.6 Å². The fourth-order valence-electron chi connectivity index (χ4n) is 4.44. The van der Waals surface area contributed by atoms with Gasteiger partial charge in [0.1, 0.15) is 23.4 Å². The maximum absolute atomic E-state index is 14.0. The van der Waals surface area contributed by atoms with Crippen LogP contribution in [0.5, 0.6) is 11.6 Å². The Labute approximate surface area is 253 Å². The van der Waals surface area contributed by atoms with Gasteiger partial charge in [-0.1, -0.05) is 37.2 Å². The predicted octanol–water partition coefficient (Wildman–Crippen LogP) is 3.52. The molecule has 0 radical (unpaired) electrons. The maximum atomic E-state index is 14.0. The van der Waals surface area contributed by atoms with Crippen LogP contribution in [0.1, 0.15) is 40.8 Å². The molecular formula is C26H36N9O8P. The number of esters is 1. The summed E-state index contributed by atoms with van der Waals surface area (Å²) < 4.78 is 43.7. The van der Waals surface area contributed by atoms with Gasteiger partial charge in [-0.25, -0.2) is 9.55 Å². The van der Waals surface area contributed by atoms with Gasteiger partial charge >= 0.3 is 13.7 Å². The van der Waals surface area contributed by atoms with Crippen molar-refractivity contribution in [2.75, 3.05) is 25.6 Å². The molecule has 0 saturated carbocycles. The normalized spacial score (nSPS) is 23.6. The quantitative estimate of drug-likeness (QED) is 0.0759. The number of rotatable bonds is 14. The van der Waals surface area contributed by atoms with Gasteiger partial charge in [-0.3, -0.25) is 13.9 Å². The fourth-order valence-corrected chi connectivity index (χ4v) is 5.95. The van der Waals surface area contributed by atoms with Crippen molar-refractivity contribution < 1.29 is 37.7 Å². The Bertz CT molecular complexity index is 1550. The molecule has 17 nitrogen and oxygen atoms in total. The number of aliphatic hydroxyl groups excluding tert-OH is 1. The van der Waals surface area contributed by atoms with E-state index in [1.807, 2.05) is 13.8 Å². The number of fused-ring (bicyclic) bond motifs is 1. The summed E-state index contributed by atoms with van der Waals surface area (Å²) in [7, 11) is -4.29. The van der Waals surface area contributed by atoms with Gasteiger partial charge in [-0.2, -0.15) is 15.1 Å². The predicted molar refractivity (Wildman–Crippen MR) is 157 cm³/mol. The van der Waals surface area contributed by atoms with E-state index in [4.69, 9.17) is 29.0 Å². The van der Waals surface area contributed by atoms with E-state index in [0.717, 1.165) is 0 Å².